The van der Waals surface area contributed by atoms with E-state index in [0.29, 0.717) is 12.4 Å². The summed E-state index contributed by atoms with van der Waals surface area (Å²) in [6.07, 6.45) is 0. The molecule has 0 radical (unpaired) electrons. The molecule has 0 amide bonds. The zero-order valence-electron chi connectivity index (χ0n) is 12.0. The largest absolute Gasteiger partial charge is 0.545 e. The van der Waals surface area contributed by atoms with E-state index in [1.807, 2.05) is 18.2 Å². The lowest BCUT2D eigenvalue weighted by Crippen LogP contribution is -3.08. The maximum atomic E-state index is 11.0. The first-order valence-corrected chi connectivity index (χ1v) is 6.95. The summed E-state index contributed by atoms with van der Waals surface area (Å²) in [4.78, 5) is 12.3. The molecule has 0 saturated heterocycles. The number of nitrogens with one attached hydrogen (secondary N) is 1. The fraction of sp³-hybridized carbons (Fsp3) is 0.235. The smallest absolute Gasteiger partial charge is 0.137 e. The summed E-state index contributed by atoms with van der Waals surface area (Å²) in [7, 11) is 2.08. The van der Waals surface area contributed by atoms with Crippen molar-refractivity contribution in [1.29, 1.82) is 0 Å². The summed E-state index contributed by atoms with van der Waals surface area (Å²) in [6.45, 7) is 2.16. The zero-order valence-corrected chi connectivity index (χ0v) is 12.0. The molecule has 2 aromatic rings. The number of carbonyl (C=O) groups excluding carboxylic acids is 1. The molecule has 0 aromatic heterocycles. The van der Waals surface area contributed by atoms with Crippen molar-refractivity contribution in [1.82, 2.24) is 0 Å². The maximum absolute atomic E-state index is 11.0. The van der Waals surface area contributed by atoms with Crippen LogP contribution in [-0.4, -0.2) is 26.2 Å². The molecule has 4 heteroatoms. The molecule has 110 valence electrons. The number of benzene rings is 2. The molecule has 1 unspecified atom stereocenters. The van der Waals surface area contributed by atoms with Gasteiger partial charge in [0.25, 0.3) is 0 Å². The number of ether oxygens (including phenoxy) is 1. The highest BCUT2D eigenvalue weighted by Gasteiger charge is 2.06. The van der Waals surface area contributed by atoms with Crippen LogP contribution in [0.3, 0.4) is 0 Å². The fourth-order valence-electron chi connectivity index (χ4n) is 2.13. The van der Waals surface area contributed by atoms with Crippen molar-refractivity contribution in [2.75, 3.05) is 20.2 Å². The molecule has 0 spiro atoms. The van der Waals surface area contributed by atoms with Crippen LogP contribution in [0.2, 0.25) is 0 Å². The molecule has 0 fully saturated rings. The van der Waals surface area contributed by atoms with Crippen molar-refractivity contribution in [2.45, 2.75) is 6.54 Å². The summed E-state index contributed by atoms with van der Waals surface area (Å²) >= 11 is 0. The van der Waals surface area contributed by atoms with Crippen molar-refractivity contribution >= 4 is 5.97 Å². The fourth-order valence-corrected chi connectivity index (χ4v) is 2.13. The first-order valence-electron chi connectivity index (χ1n) is 6.95. The average Bonchev–Trinajstić information content (AvgIpc) is 2.48. The number of carboxylic acids is 1. The van der Waals surface area contributed by atoms with E-state index in [2.05, 4.69) is 19.2 Å². The molecule has 2 rings (SSSR count). The van der Waals surface area contributed by atoms with Gasteiger partial charge in [-0.2, -0.15) is 0 Å². The second-order valence-corrected chi connectivity index (χ2v) is 5.00. The Labute approximate surface area is 124 Å². The van der Waals surface area contributed by atoms with E-state index in [0.717, 1.165) is 13.1 Å². The van der Waals surface area contributed by atoms with Gasteiger partial charge in [0.1, 0.15) is 25.4 Å². The monoisotopic (exact) mass is 285 g/mol. The van der Waals surface area contributed by atoms with Gasteiger partial charge in [0.05, 0.1) is 13.0 Å². The number of aromatic carboxylic acids is 1. The minimum atomic E-state index is -1.21. The lowest BCUT2D eigenvalue weighted by molar-refractivity contribution is -0.893. The molecular weight excluding hydrogens is 266 g/mol. The number of rotatable bonds is 7. The van der Waals surface area contributed by atoms with Crippen molar-refractivity contribution in [3.8, 4) is 5.75 Å². The second kappa shape index (κ2) is 7.45. The number of hydrogen-bond donors (Lipinski definition) is 1. The van der Waals surface area contributed by atoms with Gasteiger partial charge in [0.15, 0.2) is 0 Å². The summed E-state index contributed by atoms with van der Waals surface area (Å²) in [5, 5.41) is 11.0. The third-order valence-corrected chi connectivity index (χ3v) is 3.24. The molecule has 1 atom stereocenters. The molecule has 0 aliphatic carbocycles. The summed E-state index contributed by atoms with van der Waals surface area (Å²) < 4.78 is 5.57. The van der Waals surface area contributed by atoms with Gasteiger partial charge in [-0.05, 0) is 12.1 Å². The summed E-state index contributed by atoms with van der Waals surface area (Å²) in [5.74, 6) is -0.847. The minimum absolute atomic E-state index is 0.0956. The predicted octanol–water partition coefficient (Wildman–Crippen LogP) is 0.144. The van der Waals surface area contributed by atoms with E-state index in [4.69, 9.17) is 4.74 Å². The minimum Gasteiger partial charge on any atom is -0.545 e. The van der Waals surface area contributed by atoms with Crippen molar-refractivity contribution in [2.24, 2.45) is 0 Å². The quantitative estimate of drug-likeness (QED) is 0.787. The molecule has 4 nitrogen and oxygen atoms in total. The van der Waals surface area contributed by atoms with Crippen LogP contribution in [0, 0.1) is 0 Å². The molecule has 2 aromatic carbocycles. The Kier molecular flexibility index (Phi) is 5.35. The Morgan fingerprint density at radius 2 is 1.76 bits per heavy atom. The highest BCUT2D eigenvalue weighted by molar-refractivity contribution is 5.89. The molecule has 0 saturated carbocycles. The van der Waals surface area contributed by atoms with Crippen molar-refractivity contribution in [3.63, 3.8) is 0 Å². The van der Waals surface area contributed by atoms with E-state index in [-0.39, 0.29) is 5.56 Å². The molecular formula is C17H19NO3. The number of carbonyl (C=O) groups is 1. The van der Waals surface area contributed by atoms with Crippen LogP contribution in [0.1, 0.15) is 15.9 Å². The molecule has 0 heterocycles. The SMILES string of the molecule is C[NH+](CCOc1ccccc1C(=O)[O-])Cc1ccccc1. The van der Waals surface area contributed by atoms with Crippen LogP contribution in [0.5, 0.6) is 5.75 Å². The predicted molar refractivity (Wildman–Crippen MR) is 78.2 cm³/mol. The normalized spacial score (nSPS) is 11.9. The maximum Gasteiger partial charge on any atom is 0.137 e. The number of para-hydroxylation sites is 1. The zero-order chi connectivity index (χ0) is 15.1. The molecule has 0 aliphatic heterocycles. The third-order valence-electron chi connectivity index (χ3n) is 3.24. The summed E-state index contributed by atoms with van der Waals surface area (Å²) in [6, 6.07) is 16.8. The van der Waals surface area contributed by atoms with Gasteiger partial charge in [-0.25, -0.2) is 0 Å². The number of carboxylic acid groups (broad SMARTS) is 1. The van der Waals surface area contributed by atoms with Crippen LogP contribution in [0.25, 0.3) is 0 Å². The van der Waals surface area contributed by atoms with E-state index in [1.54, 1.807) is 18.2 Å². The Bertz CT molecular complexity index is 584. The van der Waals surface area contributed by atoms with E-state index >= 15 is 0 Å². The van der Waals surface area contributed by atoms with E-state index in [1.165, 1.54) is 16.5 Å². The highest BCUT2D eigenvalue weighted by Crippen LogP contribution is 2.16. The van der Waals surface area contributed by atoms with Gasteiger partial charge in [0.2, 0.25) is 0 Å². The first kappa shape index (κ1) is 15.1. The van der Waals surface area contributed by atoms with Gasteiger partial charge >= 0.3 is 0 Å². The van der Waals surface area contributed by atoms with Gasteiger partial charge in [0, 0.05) is 11.1 Å². The van der Waals surface area contributed by atoms with Gasteiger partial charge < -0.3 is 19.5 Å². The molecule has 0 aliphatic rings. The van der Waals surface area contributed by atoms with Crippen LogP contribution in [0.15, 0.2) is 54.6 Å². The average molecular weight is 285 g/mol. The Morgan fingerprint density at radius 1 is 1.10 bits per heavy atom. The van der Waals surface area contributed by atoms with Crippen LogP contribution in [-0.2, 0) is 6.54 Å². The van der Waals surface area contributed by atoms with Crippen LogP contribution in [0.4, 0.5) is 0 Å². The molecule has 0 bridgehead atoms. The van der Waals surface area contributed by atoms with Gasteiger partial charge in [-0.15, -0.1) is 0 Å². The van der Waals surface area contributed by atoms with E-state index in [9.17, 15) is 9.90 Å². The van der Waals surface area contributed by atoms with Crippen molar-refractivity contribution in [3.05, 3.63) is 65.7 Å². The van der Waals surface area contributed by atoms with Crippen LogP contribution >= 0.6 is 0 Å². The van der Waals surface area contributed by atoms with E-state index < -0.39 is 5.97 Å². The van der Waals surface area contributed by atoms with Gasteiger partial charge in [-0.1, -0.05) is 42.5 Å². The van der Waals surface area contributed by atoms with Crippen molar-refractivity contribution < 1.29 is 19.5 Å². The first-order chi connectivity index (χ1) is 10.2. The van der Waals surface area contributed by atoms with Gasteiger partial charge in [-0.3, -0.25) is 0 Å². The second-order valence-electron chi connectivity index (χ2n) is 5.00. The summed E-state index contributed by atoms with van der Waals surface area (Å²) in [5.41, 5.74) is 1.36. The molecule has 1 N–H and O–H groups in total. The lowest BCUT2D eigenvalue weighted by Gasteiger charge is -2.16. The Hall–Kier alpha value is -2.33. The standard InChI is InChI=1S/C17H19NO3/c1-18(13-14-7-3-2-4-8-14)11-12-21-16-10-6-5-9-15(16)17(19)20/h2-10H,11-13H2,1H3,(H,19,20). The number of likely N-dealkylation sites (N-methyl/N-ethyl adjacent to an activating group) is 1. The highest BCUT2D eigenvalue weighted by atomic mass is 16.5. The Morgan fingerprint density at radius 3 is 2.48 bits per heavy atom. The number of quaternary nitrogens is 1. The number of hydrogen-bond acceptors (Lipinski definition) is 3. The van der Waals surface area contributed by atoms with Crippen LogP contribution < -0.4 is 14.7 Å². The third kappa shape index (κ3) is 4.61. The lowest BCUT2D eigenvalue weighted by atomic mass is 10.2. The molecule has 21 heavy (non-hydrogen) atoms. The Balaban J connectivity index is 1.83. The topological polar surface area (TPSA) is 53.8 Å².